The van der Waals surface area contributed by atoms with E-state index in [1.165, 1.54) is 27.6 Å². The van der Waals surface area contributed by atoms with Gasteiger partial charge in [-0.1, -0.05) is 71.9 Å². The number of benzene rings is 2. The lowest BCUT2D eigenvalue weighted by Gasteiger charge is -2.16. The van der Waals surface area contributed by atoms with E-state index in [9.17, 15) is 4.79 Å². The number of rotatable bonds is 7. The summed E-state index contributed by atoms with van der Waals surface area (Å²) in [5, 5.41) is 11.9. The van der Waals surface area contributed by atoms with Crippen molar-refractivity contribution in [3.05, 3.63) is 65.7 Å². The largest absolute Gasteiger partial charge is 0.354 e. The van der Waals surface area contributed by atoms with Gasteiger partial charge >= 0.3 is 0 Å². The van der Waals surface area contributed by atoms with E-state index in [4.69, 9.17) is 5.84 Å². The SMILES string of the molecule is Cc1ccc(-c2nnc(SCC(=O)NCC3(c4ccccc4)CC3)n2N)cc1. The monoisotopic (exact) mass is 393 g/mol. The number of aromatic nitrogens is 3. The molecule has 1 heterocycles. The van der Waals surface area contributed by atoms with E-state index < -0.39 is 0 Å². The van der Waals surface area contributed by atoms with Crippen molar-refractivity contribution >= 4 is 17.7 Å². The van der Waals surface area contributed by atoms with E-state index in [1.54, 1.807) is 0 Å². The van der Waals surface area contributed by atoms with Gasteiger partial charge in [0.05, 0.1) is 5.75 Å². The third-order valence-electron chi connectivity index (χ3n) is 5.17. The molecule has 0 saturated heterocycles. The molecule has 1 aromatic heterocycles. The van der Waals surface area contributed by atoms with Crippen LogP contribution in [0.2, 0.25) is 0 Å². The zero-order chi connectivity index (χ0) is 19.6. The maximum Gasteiger partial charge on any atom is 0.230 e. The zero-order valence-electron chi connectivity index (χ0n) is 15.8. The topological polar surface area (TPSA) is 85.8 Å². The third-order valence-corrected chi connectivity index (χ3v) is 6.11. The van der Waals surface area contributed by atoms with Crippen LogP contribution in [0, 0.1) is 6.92 Å². The average Bonchev–Trinajstić information content (AvgIpc) is 3.43. The van der Waals surface area contributed by atoms with Crippen LogP contribution in [0.25, 0.3) is 11.4 Å². The van der Waals surface area contributed by atoms with Gasteiger partial charge in [-0.25, -0.2) is 4.68 Å². The molecular formula is C21H23N5OS. The molecule has 3 aromatic rings. The van der Waals surface area contributed by atoms with Crippen LogP contribution < -0.4 is 11.2 Å². The van der Waals surface area contributed by atoms with Crippen LogP contribution in [-0.4, -0.2) is 33.1 Å². The molecular weight excluding hydrogens is 370 g/mol. The Kier molecular flexibility index (Phi) is 5.09. The van der Waals surface area contributed by atoms with Crippen molar-refractivity contribution in [2.75, 3.05) is 18.1 Å². The first-order valence-electron chi connectivity index (χ1n) is 9.30. The standard InChI is InChI=1S/C21H23N5OS/c1-15-7-9-16(10-8-15)19-24-25-20(26(19)22)28-13-18(27)23-14-21(11-12-21)17-5-3-2-4-6-17/h2-10H,11-14,22H2,1H3,(H,23,27). The number of carbonyl (C=O) groups is 1. The summed E-state index contributed by atoms with van der Waals surface area (Å²) in [6.07, 6.45) is 2.23. The number of amides is 1. The highest BCUT2D eigenvalue weighted by atomic mass is 32.2. The van der Waals surface area contributed by atoms with Crippen molar-refractivity contribution < 1.29 is 4.79 Å². The van der Waals surface area contributed by atoms with E-state index in [0.29, 0.717) is 17.5 Å². The molecule has 1 aliphatic rings. The van der Waals surface area contributed by atoms with Crippen molar-refractivity contribution in [3.8, 4) is 11.4 Å². The molecule has 3 N–H and O–H groups in total. The first-order chi connectivity index (χ1) is 13.6. The smallest absolute Gasteiger partial charge is 0.230 e. The van der Waals surface area contributed by atoms with Crippen LogP contribution in [0.3, 0.4) is 0 Å². The van der Waals surface area contributed by atoms with E-state index in [1.807, 2.05) is 49.4 Å². The molecule has 1 saturated carbocycles. The Hall–Kier alpha value is -2.80. The first kappa shape index (κ1) is 18.6. The molecule has 0 radical (unpaired) electrons. The van der Waals surface area contributed by atoms with Gasteiger partial charge in [0.1, 0.15) is 0 Å². The molecule has 144 valence electrons. The van der Waals surface area contributed by atoms with Crippen LogP contribution in [0.1, 0.15) is 24.0 Å². The molecule has 0 spiro atoms. The summed E-state index contributed by atoms with van der Waals surface area (Å²) in [7, 11) is 0. The van der Waals surface area contributed by atoms with Crippen molar-refractivity contribution in [2.45, 2.75) is 30.3 Å². The molecule has 0 atom stereocenters. The second kappa shape index (κ2) is 7.67. The highest BCUT2D eigenvalue weighted by molar-refractivity contribution is 7.99. The van der Waals surface area contributed by atoms with Crippen LogP contribution in [0.15, 0.2) is 59.8 Å². The maximum absolute atomic E-state index is 12.3. The van der Waals surface area contributed by atoms with Gasteiger partial charge in [0.2, 0.25) is 11.1 Å². The Morgan fingerprint density at radius 1 is 1.14 bits per heavy atom. The van der Waals surface area contributed by atoms with Crippen LogP contribution in [-0.2, 0) is 10.2 Å². The number of hydrogen-bond donors (Lipinski definition) is 2. The summed E-state index contributed by atoms with van der Waals surface area (Å²) in [6, 6.07) is 18.3. The Labute approximate surface area is 168 Å². The Morgan fingerprint density at radius 2 is 1.86 bits per heavy atom. The number of aryl methyl sites for hydroxylation is 1. The predicted molar refractivity (Wildman–Crippen MR) is 111 cm³/mol. The second-order valence-corrected chi connectivity index (χ2v) is 8.20. The van der Waals surface area contributed by atoms with Gasteiger partial charge in [0, 0.05) is 17.5 Å². The summed E-state index contributed by atoms with van der Waals surface area (Å²) in [5.74, 6) is 6.95. The quantitative estimate of drug-likeness (QED) is 0.476. The van der Waals surface area contributed by atoms with Gasteiger partial charge in [0.25, 0.3) is 0 Å². The average molecular weight is 394 g/mol. The van der Waals surface area contributed by atoms with Crippen molar-refractivity contribution in [1.29, 1.82) is 0 Å². The summed E-state index contributed by atoms with van der Waals surface area (Å²) in [4.78, 5) is 12.3. The molecule has 1 fully saturated rings. The number of nitrogens with zero attached hydrogens (tertiary/aromatic N) is 3. The van der Waals surface area contributed by atoms with Gasteiger partial charge in [-0.15, -0.1) is 10.2 Å². The molecule has 28 heavy (non-hydrogen) atoms. The maximum atomic E-state index is 12.3. The number of nitrogen functional groups attached to an aromatic ring is 1. The number of thioether (sulfide) groups is 1. The van der Waals surface area contributed by atoms with E-state index >= 15 is 0 Å². The second-order valence-electron chi connectivity index (χ2n) is 7.25. The first-order valence-corrected chi connectivity index (χ1v) is 10.3. The molecule has 2 aromatic carbocycles. The normalized spacial score (nSPS) is 14.6. The fourth-order valence-electron chi connectivity index (χ4n) is 3.23. The van der Waals surface area contributed by atoms with Gasteiger partial charge < -0.3 is 11.2 Å². The summed E-state index contributed by atoms with van der Waals surface area (Å²) in [5.41, 5.74) is 3.47. The minimum absolute atomic E-state index is 0.0212. The van der Waals surface area contributed by atoms with Gasteiger partial charge in [-0.2, -0.15) is 0 Å². The molecule has 0 bridgehead atoms. The van der Waals surface area contributed by atoms with Gasteiger partial charge in [-0.3, -0.25) is 4.79 Å². The van der Waals surface area contributed by atoms with Crippen molar-refractivity contribution in [2.24, 2.45) is 0 Å². The highest BCUT2D eigenvalue weighted by Gasteiger charge is 2.44. The van der Waals surface area contributed by atoms with Crippen molar-refractivity contribution in [3.63, 3.8) is 0 Å². The Bertz CT molecular complexity index is 964. The molecule has 4 rings (SSSR count). The summed E-state index contributed by atoms with van der Waals surface area (Å²) >= 11 is 1.29. The lowest BCUT2D eigenvalue weighted by Crippen LogP contribution is -2.33. The van der Waals surface area contributed by atoms with Gasteiger partial charge in [0.15, 0.2) is 5.82 Å². The van der Waals surface area contributed by atoms with Crippen LogP contribution >= 0.6 is 11.8 Å². The Morgan fingerprint density at radius 3 is 2.54 bits per heavy atom. The molecule has 1 amide bonds. The third kappa shape index (κ3) is 3.89. The highest BCUT2D eigenvalue weighted by Crippen LogP contribution is 2.47. The van der Waals surface area contributed by atoms with E-state index in [-0.39, 0.29) is 17.1 Å². The van der Waals surface area contributed by atoms with Crippen LogP contribution in [0.4, 0.5) is 0 Å². The molecule has 6 nitrogen and oxygen atoms in total. The summed E-state index contributed by atoms with van der Waals surface area (Å²) < 4.78 is 1.44. The fourth-order valence-corrected chi connectivity index (χ4v) is 3.92. The van der Waals surface area contributed by atoms with E-state index in [2.05, 4.69) is 27.6 Å². The van der Waals surface area contributed by atoms with Crippen molar-refractivity contribution in [1.82, 2.24) is 20.2 Å². The zero-order valence-corrected chi connectivity index (χ0v) is 16.6. The minimum Gasteiger partial charge on any atom is -0.354 e. The van der Waals surface area contributed by atoms with Crippen LogP contribution in [0.5, 0.6) is 0 Å². The number of carbonyl (C=O) groups excluding carboxylic acids is 1. The fraction of sp³-hybridized carbons (Fsp3) is 0.286. The van der Waals surface area contributed by atoms with Gasteiger partial charge in [-0.05, 0) is 25.3 Å². The molecule has 0 unspecified atom stereocenters. The summed E-state index contributed by atoms with van der Waals surface area (Å²) in [6.45, 7) is 2.70. The lowest BCUT2D eigenvalue weighted by molar-refractivity contribution is -0.118. The minimum atomic E-state index is -0.0212. The Balaban J connectivity index is 1.32. The number of hydrogen-bond acceptors (Lipinski definition) is 5. The number of nitrogens with one attached hydrogen (secondary N) is 1. The molecule has 1 aliphatic carbocycles. The number of nitrogens with two attached hydrogens (primary N) is 1. The van der Waals surface area contributed by atoms with E-state index in [0.717, 1.165) is 18.4 Å². The molecule has 7 heteroatoms. The molecule has 0 aliphatic heterocycles. The predicted octanol–water partition coefficient (Wildman–Crippen LogP) is 2.91. The lowest BCUT2D eigenvalue weighted by atomic mass is 9.96.